The van der Waals surface area contributed by atoms with Gasteiger partial charge in [-0.15, -0.1) is 0 Å². The van der Waals surface area contributed by atoms with Crippen molar-refractivity contribution in [2.24, 2.45) is 0 Å². The van der Waals surface area contributed by atoms with Crippen molar-refractivity contribution in [2.45, 2.75) is 19.4 Å². The Labute approximate surface area is 128 Å². The lowest BCUT2D eigenvalue weighted by atomic mass is 9.98. The molecular weight excluding hydrogens is 296 g/mol. The van der Waals surface area contributed by atoms with E-state index in [9.17, 15) is 4.39 Å². The molecule has 106 valence electrons. The fourth-order valence-electron chi connectivity index (χ4n) is 2.20. The first-order valence-corrected chi connectivity index (χ1v) is 7.28. The summed E-state index contributed by atoms with van der Waals surface area (Å²) in [6, 6.07) is 12.0. The molecule has 0 aromatic heterocycles. The molecule has 0 saturated carbocycles. The molecule has 0 bridgehead atoms. The van der Waals surface area contributed by atoms with Crippen LogP contribution in [0.5, 0.6) is 0 Å². The van der Waals surface area contributed by atoms with Gasteiger partial charge in [0.05, 0.1) is 0 Å². The SMILES string of the molecule is CCNC(Cc1cc(Cl)ccc1Cl)c1cccc(F)c1. The van der Waals surface area contributed by atoms with E-state index in [1.165, 1.54) is 6.07 Å². The third-order valence-corrected chi connectivity index (χ3v) is 3.74. The topological polar surface area (TPSA) is 12.0 Å². The van der Waals surface area contributed by atoms with Crippen molar-refractivity contribution < 1.29 is 4.39 Å². The fourth-order valence-corrected chi connectivity index (χ4v) is 2.59. The highest BCUT2D eigenvalue weighted by molar-refractivity contribution is 6.33. The van der Waals surface area contributed by atoms with Crippen LogP contribution in [0.25, 0.3) is 0 Å². The van der Waals surface area contributed by atoms with Crippen molar-refractivity contribution in [1.29, 1.82) is 0 Å². The summed E-state index contributed by atoms with van der Waals surface area (Å²) in [7, 11) is 0. The lowest BCUT2D eigenvalue weighted by Gasteiger charge is -2.19. The first kappa shape index (κ1) is 15.3. The monoisotopic (exact) mass is 311 g/mol. The average molecular weight is 312 g/mol. The molecule has 1 nitrogen and oxygen atoms in total. The molecule has 0 fully saturated rings. The van der Waals surface area contributed by atoms with E-state index >= 15 is 0 Å². The Bertz CT molecular complexity index is 586. The third kappa shape index (κ3) is 3.95. The van der Waals surface area contributed by atoms with E-state index in [0.29, 0.717) is 16.5 Å². The van der Waals surface area contributed by atoms with Gasteiger partial charge in [-0.2, -0.15) is 0 Å². The molecule has 1 unspecified atom stereocenters. The Morgan fingerprint density at radius 3 is 2.65 bits per heavy atom. The fraction of sp³-hybridized carbons (Fsp3) is 0.250. The van der Waals surface area contributed by atoms with Crippen LogP contribution in [0.1, 0.15) is 24.1 Å². The van der Waals surface area contributed by atoms with E-state index in [4.69, 9.17) is 23.2 Å². The summed E-state index contributed by atoms with van der Waals surface area (Å²) in [6.07, 6.45) is 0.663. The molecule has 0 saturated heterocycles. The van der Waals surface area contributed by atoms with Crippen LogP contribution < -0.4 is 5.32 Å². The lowest BCUT2D eigenvalue weighted by Crippen LogP contribution is -2.23. The summed E-state index contributed by atoms with van der Waals surface area (Å²) in [6.45, 7) is 2.81. The van der Waals surface area contributed by atoms with Crippen molar-refractivity contribution in [3.63, 3.8) is 0 Å². The van der Waals surface area contributed by atoms with Gasteiger partial charge >= 0.3 is 0 Å². The Kier molecular flexibility index (Phi) is 5.41. The number of halogens is 3. The molecule has 0 heterocycles. The van der Waals surface area contributed by atoms with Crippen LogP contribution in [-0.4, -0.2) is 6.54 Å². The molecule has 0 spiro atoms. The normalized spacial score (nSPS) is 12.4. The van der Waals surface area contributed by atoms with Crippen LogP contribution in [-0.2, 0) is 6.42 Å². The minimum Gasteiger partial charge on any atom is -0.310 e. The summed E-state index contributed by atoms with van der Waals surface area (Å²) in [4.78, 5) is 0. The number of hydrogen-bond acceptors (Lipinski definition) is 1. The highest BCUT2D eigenvalue weighted by atomic mass is 35.5. The zero-order valence-electron chi connectivity index (χ0n) is 11.2. The third-order valence-electron chi connectivity index (χ3n) is 3.13. The highest BCUT2D eigenvalue weighted by Crippen LogP contribution is 2.26. The maximum absolute atomic E-state index is 13.4. The Balaban J connectivity index is 2.27. The second kappa shape index (κ2) is 7.07. The van der Waals surface area contributed by atoms with Crippen LogP contribution in [0.3, 0.4) is 0 Å². The molecule has 1 N–H and O–H groups in total. The van der Waals surface area contributed by atoms with E-state index in [1.54, 1.807) is 24.3 Å². The molecule has 2 rings (SSSR count). The Morgan fingerprint density at radius 1 is 1.15 bits per heavy atom. The van der Waals surface area contributed by atoms with Gasteiger partial charge in [-0.05, 0) is 54.4 Å². The van der Waals surface area contributed by atoms with E-state index < -0.39 is 0 Å². The number of benzene rings is 2. The summed E-state index contributed by atoms with van der Waals surface area (Å²) in [5.41, 5.74) is 1.86. The first-order valence-electron chi connectivity index (χ1n) is 6.53. The van der Waals surface area contributed by atoms with E-state index in [-0.39, 0.29) is 11.9 Å². The maximum atomic E-state index is 13.4. The van der Waals surface area contributed by atoms with Crippen LogP contribution >= 0.6 is 23.2 Å². The molecule has 1 atom stereocenters. The van der Waals surface area contributed by atoms with Gasteiger partial charge in [-0.25, -0.2) is 4.39 Å². The van der Waals surface area contributed by atoms with E-state index in [2.05, 4.69) is 5.32 Å². The summed E-state index contributed by atoms with van der Waals surface area (Å²) in [5.74, 6) is -0.234. The van der Waals surface area contributed by atoms with E-state index in [1.807, 2.05) is 19.1 Å². The number of likely N-dealkylation sites (N-methyl/N-ethyl adjacent to an activating group) is 1. The lowest BCUT2D eigenvalue weighted by molar-refractivity contribution is 0.543. The van der Waals surface area contributed by atoms with Gasteiger partial charge in [-0.3, -0.25) is 0 Å². The van der Waals surface area contributed by atoms with Gasteiger partial charge in [-0.1, -0.05) is 42.3 Å². The van der Waals surface area contributed by atoms with Crippen LogP contribution in [0, 0.1) is 5.82 Å². The van der Waals surface area contributed by atoms with Crippen molar-refractivity contribution in [3.8, 4) is 0 Å². The molecule has 0 aliphatic heterocycles. The quantitative estimate of drug-likeness (QED) is 0.817. The van der Waals surface area contributed by atoms with Crippen molar-refractivity contribution in [2.75, 3.05) is 6.54 Å². The minimum absolute atomic E-state index is 0.00617. The molecular formula is C16H16Cl2FN. The van der Waals surface area contributed by atoms with Crippen molar-refractivity contribution in [3.05, 3.63) is 69.5 Å². The summed E-state index contributed by atoms with van der Waals surface area (Å²) >= 11 is 12.2. The Morgan fingerprint density at radius 2 is 1.95 bits per heavy atom. The molecule has 4 heteroatoms. The van der Waals surface area contributed by atoms with Gasteiger partial charge in [0.1, 0.15) is 5.82 Å². The van der Waals surface area contributed by atoms with Crippen LogP contribution in [0.2, 0.25) is 10.0 Å². The van der Waals surface area contributed by atoms with Gasteiger partial charge in [0, 0.05) is 16.1 Å². The standard InChI is InChI=1S/C16H16Cl2FN/c1-2-20-16(11-4-3-5-14(19)9-11)10-12-8-13(17)6-7-15(12)18/h3-9,16,20H,2,10H2,1H3. The zero-order chi connectivity index (χ0) is 14.5. The first-order chi connectivity index (χ1) is 9.60. The molecule has 0 amide bonds. The van der Waals surface area contributed by atoms with Gasteiger partial charge in [0.25, 0.3) is 0 Å². The van der Waals surface area contributed by atoms with Crippen LogP contribution in [0.4, 0.5) is 4.39 Å². The molecule has 2 aromatic rings. The predicted octanol–water partition coefficient (Wildman–Crippen LogP) is 5.03. The van der Waals surface area contributed by atoms with Crippen molar-refractivity contribution in [1.82, 2.24) is 5.32 Å². The maximum Gasteiger partial charge on any atom is 0.123 e. The molecule has 0 aliphatic carbocycles. The molecule has 0 radical (unpaired) electrons. The molecule has 20 heavy (non-hydrogen) atoms. The van der Waals surface area contributed by atoms with E-state index in [0.717, 1.165) is 17.7 Å². The summed E-state index contributed by atoms with van der Waals surface area (Å²) in [5, 5.41) is 4.68. The van der Waals surface area contributed by atoms with Crippen molar-refractivity contribution >= 4 is 23.2 Å². The number of hydrogen-bond donors (Lipinski definition) is 1. The number of nitrogens with one attached hydrogen (secondary N) is 1. The average Bonchev–Trinajstić information content (AvgIpc) is 2.42. The minimum atomic E-state index is -0.234. The highest BCUT2D eigenvalue weighted by Gasteiger charge is 2.14. The molecule has 0 aliphatic rings. The largest absolute Gasteiger partial charge is 0.310 e. The van der Waals surface area contributed by atoms with Gasteiger partial charge < -0.3 is 5.32 Å². The Hall–Kier alpha value is -1.09. The second-order valence-corrected chi connectivity index (χ2v) is 5.45. The van der Waals surface area contributed by atoms with Gasteiger partial charge in [0.2, 0.25) is 0 Å². The number of rotatable bonds is 5. The summed E-state index contributed by atoms with van der Waals surface area (Å²) < 4.78 is 13.4. The molecule has 2 aromatic carbocycles. The van der Waals surface area contributed by atoms with Gasteiger partial charge in [0.15, 0.2) is 0 Å². The zero-order valence-corrected chi connectivity index (χ0v) is 12.7. The smallest absolute Gasteiger partial charge is 0.123 e. The predicted molar refractivity (Wildman–Crippen MR) is 83.0 cm³/mol. The second-order valence-electron chi connectivity index (χ2n) is 4.61. The van der Waals surface area contributed by atoms with Crippen LogP contribution in [0.15, 0.2) is 42.5 Å².